The first-order chi connectivity index (χ1) is 11.5. The first-order valence-corrected chi connectivity index (χ1v) is 7.56. The summed E-state index contributed by atoms with van der Waals surface area (Å²) in [6.45, 7) is 1.58. The van der Waals surface area contributed by atoms with E-state index in [1.165, 1.54) is 6.07 Å². The molecule has 0 saturated heterocycles. The number of hydrogen-bond acceptors (Lipinski definition) is 3. The van der Waals surface area contributed by atoms with Crippen LogP contribution in [0.25, 0.3) is 0 Å². The van der Waals surface area contributed by atoms with Gasteiger partial charge < -0.3 is 15.9 Å². The van der Waals surface area contributed by atoms with Crippen LogP contribution < -0.4 is 11.1 Å². The highest BCUT2D eigenvalue weighted by atomic mass is 35.5. The summed E-state index contributed by atoms with van der Waals surface area (Å²) in [5, 5.41) is 6.80. The van der Waals surface area contributed by atoms with Gasteiger partial charge in [0.1, 0.15) is 5.82 Å². The Kier molecular flexibility index (Phi) is 6.14. The normalized spacial score (nSPS) is 11.2. The zero-order chi connectivity index (χ0) is 17.5. The van der Waals surface area contributed by atoms with Crippen molar-refractivity contribution in [1.29, 1.82) is 0 Å². The van der Waals surface area contributed by atoms with Gasteiger partial charge in [0.25, 0.3) is 5.91 Å². The lowest BCUT2D eigenvalue weighted by Crippen LogP contribution is -2.27. The summed E-state index contributed by atoms with van der Waals surface area (Å²) in [4.78, 5) is 16.6. The van der Waals surface area contributed by atoms with Crippen LogP contribution >= 0.6 is 11.6 Å². The number of benzene rings is 2. The molecule has 2 aromatic carbocycles. The maximum absolute atomic E-state index is 13.4. The van der Waals surface area contributed by atoms with Gasteiger partial charge in [0.05, 0.1) is 0 Å². The van der Waals surface area contributed by atoms with Crippen molar-refractivity contribution >= 4 is 23.3 Å². The third-order valence-corrected chi connectivity index (χ3v) is 3.44. The van der Waals surface area contributed by atoms with Crippen LogP contribution in [0, 0.1) is 12.7 Å². The monoisotopic (exact) mass is 349 g/mol. The number of rotatable bonds is 6. The SMILES string of the molecule is Cc1ccc(CNC(=O)CO/N=C(\N)c2cccc(Cl)c2)cc1F. The molecule has 5 nitrogen and oxygen atoms in total. The molecule has 0 aliphatic heterocycles. The molecule has 0 aliphatic rings. The molecule has 24 heavy (non-hydrogen) atoms. The number of carbonyl (C=O) groups excluding carboxylic acids is 1. The molecule has 0 saturated carbocycles. The number of aryl methyl sites for hydroxylation is 1. The Morgan fingerprint density at radius 1 is 1.33 bits per heavy atom. The summed E-state index contributed by atoms with van der Waals surface area (Å²) in [6, 6.07) is 11.6. The third kappa shape index (κ3) is 5.24. The second-order valence-electron chi connectivity index (χ2n) is 5.12. The Bertz CT molecular complexity index is 765. The zero-order valence-corrected chi connectivity index (χ0v) is 13.8. The Balaban J connectivity index is 1.80. The van der Waals surface area contributed by atoms with Gasteiger partial charge in [0.15, 0.2) is 12.4 Å². The van der Waals surface area contributed by atoms with Gasteiger partial charge in [-0.15, -0.1) is 0 Å². The fraction of sp³-hybridized carbons (Fsp3) is 0.176. The highest BCUT2D eigenvalue weighted by molar-refractivity contribution is 6.31. The first kappa shape index (κ1) is 17.7. The maximum Gasteiger partial charge on any atom is 0.261 e. The maximum atomic E-state index is 13.4. The molecule has 7 heteroatoms. The molecule has 0 aromatic heterocycles. The number of oxime groups is 1. The summed E-state index contributed by atoms with van der Waals surface area (Å²) in [7, 11) is 0. The average molecular weight is 350 g/mol. The van der Waals surface area contributed by atoms with Gasteiger partial charge in [-0.2, -0.15) is 0 Å². The van der Waals surface area contributed by atoms with Crippen LogP contribution in [0.5, 0.6) is 0 Å². The molecule has 2 rings (SSSR count). The molecule has 0 radical (unpaired) electrons. The molecule has 3 N–H and O–H groups in total. The van der Waals surface area contributed by atoms with Crippen LogP contribution in [-0.4, -0.2) is 18.3 Å². The van der Waals surface area contributed by atoms with Gasteiger partial charge in [0, 0.05) is 17.1 Å². The van der Waals surface area contributed by atoms with E-state index in [1.807, 2.05) is 0 Å². The smallest absolute Gasteiger partial charge is 0.261 e. The molecule has 126 valence electrons. The number of nitrogens with two attached hydrogens (primary N) is 1. The van der Waals surface area contributed by atoms with E-state index in [9.17, 15) is 9.18 Å². The van der Waals surface area contributed by atoms with Gasteiger partial charge in [-0.05, 0) is 36.2 Å². The second-order valence-corrected chi connectivity index (χ2v) is 5.56. The second kappa shape index (κ2) is 8.31. The van der Waals surface area contributed by atoms with Crippen LogP contribution in [-0.2, 0) is 16.2 Å². The molecule has 0 atom stereocenters. The van der Waals surface area contributed by atoms with Crippen molar-refractivity contribution in [3.05, 3.63) is 70.0 Å². The Hall–Kier alpha value is -2.60. The van der Waals surface area contributed by atoms with E-state index in [-0.39, 0.29) is 24.8 Å². The van der Waals surface area contributed by atoms with E-state index < -0.39 is 5.91 Å². The van der Waals surface area contributed by atoms with E-state index in [0.717, 1.165) is 0 Å². The van der Waals surface area contributed by atoms with E-state index in [1.54, 1.807) is 43.3 Å². The Morgan fingerprint density at radius 3 is 2.83 bits per heavy atom. The molecule has 0 bridgehead atoms. The summed E-state index contributed by atoms with van der Waals surface area (Å²) >= 11 is 5.85. The number of nitrogens with one attached hydrogen (secondary N) is 1. The minimum Gasteiger partial charge on any atom is -0.384 e. The average Bonchev–Trinajstić information content (AvgIpc) is 2.56. The van der Waals surface area contributed by atoms with Crippen molar-refractivity contribution in [3.63, 3.8) is 0 Å². The van der Waals surface area contributed by atoms with Gasteiger partial charge in [-0.25, -0.2) is 4.39 Å². The number of amidine groups is 1. The number of amides is 1. The minimum absolute atomic E-state index is 0.117. The van der Waals surface area contributed by atoms with E-state index in [0.29, 0.717) is 21.7 Å². The van der Waals surface area contributed by atoms with Crippen molar-refractivity contribution < 1.29 is 14.0 Å². The topological polar surface area (TPSA) is 76.7 Å². The molecule has 2 aromatic rings. The summed E-state index contributed by atoms with van der Waals surface area (Å²) in [5.74, 6) is -0.582. The predicted molar refractivity (Wildman–Crippen MR) is 91.1 cm³/mol. The fourth-order valence-corrected chi connectivity index (χ4v) is 2.05. The van der Waals surface area contributed by atoms with Crippen molar-refractivity contribution in [2.24, 2.45) is 10.9 Å². The molecular formula is C17H17ClFN3O2. The molecule has 1 amide bonds. The van der Waals surface area contributed by atoms with Crippen molar-refractivity contribution in [2.45, 2.75) is 13.5 Å². The minimum atomic E-state index is -0.390. The molecule has 0 spiro atoms. The predicted octanol–water partition coefficient (Wildman–Crippen LogP) is 2.74. The highest BCUT2D eigenvalue weighted by Crippen LogP contribution is 2.10. The van der Waals surface area contributed by atoms with Crippen LogP contribution in [0.3, 0.4) is 0 Å². The van der Waals surface area contributed by atoms with E-state index >= 15 is 0 Å². The summed E-state index contributed by atoms with van der Waals surface area (Å²) < 4.78 is 13.4. The van der Waals surface area contributed by atoms with Gasteiger partial charge in [-0.3, -0.25) is 4.79 Å². The number of nitrogens with zero attached hydrogens (tertiary/aromatic N) is 1. The quantitative estimate of drug-likeness (QED) is 0.478. The lowest BCUT2D eigenvalue weighted by molar-refractivity contribution is -0.125. The lowest BCUT2D eigenvalue weighted by atomic mass is 10.1. The Morgan fingerprint density at radius 2 is 2.12 bits per heavy atom. The number of carbonyl (C=O) groups is 1. The van der Waals surface area contributed by atoms with Crippen LogP contribution in [0.4, 0.5) is 4.39 Å². The first-order valence-electron chi connectivity index (χ1n) is 7.19. The largest absolute Gasteiger partial charge is 0.384 e. The van der Waals surface area contributed by atoms with E-state index in [4.69, 9.17) is 22.2 Å². The van der Waals surface area contributed by atoms with Crippen molar-refractivity contribution in [3.8, 4) is 0 Å². The molecule has 0 fully saturated rings. The lowest BCUT2D eigenvalue weighted by Gasteiger charge is -2.06. The van der Waals surface area contributed by atoms with Gasteiger partial charge >= 0.3 is 0 Å². The van der Waals surface area contributed by atoms with Crippen LogP contribution in [0.15, 0.2) is 47.6 Å². The Labute approximate surface area is 144 Å². The van der Waals surface area contributed by atoms with Gasteiger partial charge in [-0.1, -0.05) is 41.0 Å². The highest BCUT2D eigenvalue weighted by Gasteiger charge is 2.05. The molecular weight excluding hydrogens is 333 g/mol. The molecule has 0 aliphatic carbocycles. The summed E-state index contributed by atoms with van der Waals surface area (Å²) in [5.41, 5.74) is 7.55. The number of hydrogen-bond donors (Lipinski definition) is 2. The van der Waals surface area contributed by atoms with E-state index in [2.05, 4.69) is 10.5 Å². The van der Waals surface area contributed by atoms with Crippen molar-refractivity contribution in [2.75, 3.05) is 6.61 Å². The molecule has 0 unspecified atom stereocenters. The summed E-state index contributed by atoms with van der Waals surface area (Å²) in [6.07, 6.45) is 0. The number of halogens is 2. The molecule has 0 heterocycles. The van der Waals surface area contributed by atoms with Crippen molar-refractivity contribution in [1.82, 2.24) is 5.32 Å². The van der Waals surface area contributed by atoms with Gasteiger partial charge in [0.2, 0.25) is 0 Å². The standard InChI is InChI=1S/C17H17ClFN3O2/c1-11-5-6-12(7-15(11)19)9-21-16(23)10-24-22-17(20)13-3-2-4-14(18)8-13/h2-8H,9-10H2,1H3,(H2,20,22)(H,21,23). The zero-order valence-electron chi connectivity index (χ0n) is 13.1. The fourth-order valence-electron chi connectivity index (χ4n) is 1.86. The third-order valence-electron chi connectivity index (χ3n) is 3.20. The van der Waals surface area contributed by atoms with Crippen LogP contribution in [0.1, 0.15) is 16.7 Å². The van der Waals surface area contributed by atoms with Crippen LogP contribution in [0.2, 0.25) is 5.02 Å².